The van der Waals surface area contributed by atoms with Crippen LogP contribution in [-0.4, -0.2) is 33.9 Å². The van der Waals surface area contributed by atoms with Gasteiger partial charge in [-0.1, -0.05) is 47.6 Å². The van der Waals surface area contributed by atoms with E-state index >= 15 is 0 Å². The minimum Gasteiger partial charge on any atom is -0.338 e. The number of benzene rings is 2. The summed E-state index contributed by atoms with van der Waals surface area (Å²) in [6, 6.07) is 14.7. The Bertz CT molecular complexity index is 1030. The summed E-state index contributed by atoms with van der Waals surface area (Å²) in [5, 5.41) is 3.90. The number of hydrogen-bond acceptors (Lipinski definition) is 5. The highest BCUT2D eigenvalue weighted by atomic mass is 19.4. The monoisotopic (exact) mass is 443 g/mol. The molecule has 5 nitrogen and oxygen atoms in total. The Morgan fingerprint density at radius 2 is 1.84 bits per heavy atom. The first-order valence-electron chi connectivity index (χ1n) is 10.7. The Kier molecular flexibility index (Phi) is 6.69. The average molecular weight is 443 g/mol. The quantitative estimate of drug-likeness (QED) is 0.504. The summed E-state index contributed by atoms with van der Waals surface area (Å²) < 4.78 is 43.5. The van der Waals surface area contributed by atoms with E-state index in [1.165, 1.54) is 12.1 Å². The van der Waals surface area contributed by atoms with Crippen LogP contribution in [0.25, 0.3) is 11.4 Å². The van der Waals surface area contributed by atoms with Gasteiger partial charge in [0, 0.05) is 24.4 Å². The molecule has 1 aliphatic rings. The lowest BCUT2D eigenvalue weighted by atomic mass is 9.90. The van der Waals surface area contributed by atoms with Gasteiger partial charge in [0.25, 0.3) is 0 Å². The van der Waals surface area contributed by atoms with Gasteiger partial charge in [-0.2, -0.15) is 18.2 Å². The van der Waals surface area contributed by atoms with E-state index in [0.29, 0.717) is 31.0 Å². The molecule has 0 saturated carbocycles. The lowest BCUT2D eigenvalue weighted by molar-refractivity contribution is -0.137. The molecule has 1 fully saturated rings. The first kappa shape index (κ1) is 22.2. The van der Waals surface area contributed by atoms with Gasteiger partial charge in [0.05, 0.1) is 12.1 Å². The van der Waals surface area contributed by atoms with Crippen LogP contribution in [0, 0.1) is 5.92 Å². The number of Topliss-reactive ketones (excluding diaryl/α,β-unsaturated/α-hetero) is 1. The van der Waals surface area contributed by atoms with Crippen LogP contribution in [0.15, 0.2) is 59.1 Å². The number of alkyl halides is 3. The SMILES string of the molecule is O=C(CCc1ccccc1)C1CCCN(Cc2nc(-c3ccc(C(F)(F)F)cc3)no2)C1. The lowest BCUT2D eigenvalue weighted by Crippen LogP contribution is -2.38. The fraction of sp³-hybridized carbons (Fsp3) is 0.375. The van der Waals surface area contributed by atoms with Gasteiger partial charge >= 0.3 is 6.18 Å². The molecule has 3 aromatic rings. The van der Waals surface area contributed by atoms with Gasteiger partial charge in [-0.05, 0) is 43.5 Å². The second kappa shape index (κ2) is 9.65. The van der Waals surface area contributed by atoms with E-state index in [-0.39, 0.29) is 17.5 Å². The van der Waals surface area contributed by atoms with Crippen molar-refractivity contribution in [2.24, 2.45) is 5.92 Å². The summed E-state index contributed by atoms with van der Waals surface area (Å²) in [5.74, 6) is 0.901. The van der Waals surface area contributed by atoms with Crippen molar-refractivity contribution in [3.8, 4) is 11.4 Å². The molecule has 0 spiro atoms. The summed E-state index contributed by atoms with van der Waals surface area (Å²) in [6.07, 6.45) is -1.31. The lowest BCUT2D eigenvalue weighted by Gasteiger charge is -2.30. The van der Waals surface area contributed by atoms with Gasteiger partial charge in [-0.25, -0.2) is 0 Å². The second-order valence-electron chi connectivity index (χ2n) is 8.11. The number of rotatable bonds is 7. The van der Waals surface area contributed by atoms with E-state index in [1.807, 2.05) is 30.3 Å². The molecule has 0 amide bonds. The van der Waals surface area contributed by atoms with Crippen molar-refractivity contribution in [2.75, 3.05) is 13.1 Å². The van der Waals surface area contributed by atoms with E-state index in [0.717, 1.165) is 43.5 Å². The fourth-order valence-electron chi connectivity index (χ4n) is 4.01. The summed E-state index contributed by atoms with van der Waals surface area (Å²) in [6.45, 7) is 1.89. The van der Waals surface area contributed by atoms with Crippen LogP contribution >= 0.6 is 0 Å². The molecule has 0 bridgehead atoms. The van der Waals surface area contributed by atoms with E-state index < -0.39 is 11.7 Å². The Balaban J connectivity index is 1.32. The van der Waals surface area contributed by atoms with Crippen molar-refractivity contribution in [1.29, 1.82) is 0 Å². The number of piperidine rings is 1. The van der Waals surface area contributed by atoms with Crippen molar-refractivity contribution in [3.05, 3.63) is 71.6 Å². The molecule has 32 heavy (non-hydrogen) atoms. The molecule has 1 atom stereocenters. The first-order valence-corrected chi connectivity index (χ1v) is 10.7. The number of hydrogen-bond donors (Lipinski definition) is 0. The summed E-state index contributed by atoms with van der Waals surface area (Å²) in [5.41, 5.74) is 0.900. The normalized spacial score (nSPS) is 17.4. The number of aromatic nitrogens is 2. The van der Waals surface area contributed by atoms with Gasteiger partial charge < -0.3 is 4.52 Å². The second-order valence-corrected chi connectivity index (χ2v) is 8.11. The van der Waals surface area contributed by atoms with Gasteiger partial charge in [-0.15, -0.1) is 0 Å². The Labute approximate surface area is 184 Å². The summed E-state index contributed by atoms with van der Waals surface area (Å²) in [4.78, 5) is 19.1. The van der Waals surface area contributed by atoms with E-state index in [9.17, 15) is 18.0 Å². The zero-order valence-electron chi connectivity index (χ0n) is 17.5. The highest BCUT2D eigenvalue weighted by Gasteiger charge is 2.30. The number of nitrogens with zero attached hydrogens (tertiary/aromatic N) is 3. The molecule has 4 rings (SSSR count). The van der Waals surface area contributed by atoms with Crippen molar-refractivity contribution in [3.63, 3.8) is 0 Å². The minimum atomic E-state index is -4.38. The number of ketones is 1. The molecule has 8 heteroatoms. The van der Waals surface area contributed by atoms with Crippen LogP contribution in [0.1, 0.15) is 36.3 Å². The maximum Gasteiger partial charge on any atom is 0.416 e. The predicted octanol–water partition coefficient (Wildman–Crippen LogP) is 5.17. The fourth-order valence-corrected chi connectivity index (χ4v) is 4.01. The minimum absolute atomic E-state index is 0.00948. The molecule has 168 valence electrons. The maximum absolute atomic E-state index is 12.7. The van der Waals surface area contributed by atoms with Gasteiger partial charge in [0.15, 0.2) is 0 Å². The highest BCUT2D eigenvalue weighted by Crippen LogP contribution is 2.30. The van der Waals surface area contributed by atoms with Crippen molar-refractivity contribution in [1.82, 2.24) is 15.0 Å². The molecule has 1 unspecified atom stereocenters. The first-order chi connectivity index (χ1) is 15.4. The zero-order chi connectivity index (χ0) is 22.6. The van der Waals surface area contributed by atoms with Crippen molar-refractivity contribution in [2.45, 2.75) is 38.4 Å². The van der Waals surface area contributed by atoms with Gasteiger partial charge in [-0.3, -0.25) is 9.69 Å². The molecule has 2 heterocycles. The van der Waals surface area contributed by atoms with E-state index in [2.05, 4.69) is 15.0 Å². The molecule has 0 N–H and O–H groups in total. The number of halogens is 3. The Morgan fingerprint density at radius 3 is 2.56 bits per heavy atom. The van der Waals surface area contributed by atoms with E-state index in [4.69, 9.17) is 4.52 Å². The molecule has 1 aliphatic heterocycles. The third kappa shape index (κ3) is 5.62. The largest absolute Gasteiger partial charge is 0.416 e. The summed E-state index contributed by atoms with van der Waals surface area (Å²) in [7, 11) is 0. The van der Waals surface area contributed by atoms with Crippen LogP contribution in [-0.2, 0) is 23.9 Å². The van der Waals surface area contributed by atoms with Crippen LogP contribution < -0.4 is 0 Å². The van der Waals surface area contributed by atoms with Gasteiger partial charge in [0.2, 0.25) is 11.7 Å². The standard InChI is InChI=1S/C24H24F3N3O2/c25-24(26,27)20-11-9-18(10-12-20)23-28-22(32-29-23)16-30-14-4-7-19(15-30)21(31)13-8-17-5-2-1-3-6-17/h1-3,5-6,9-12,19H,4,7-8,13-16H2. The molecule has 2 aromatic carbocycles. The Hall–Kier alpha value is -3.00. The maximum atomic E-state index is 12.7. The zero-order valence-corrected chi connectivity index (χ0v) is 17.5. The van der Waals surface area contributed by atoms with Crippen molar-refractivity contribution < 1.29 is 22.5 Å². The summed E-state index contributed by atoms with van der Waals surface area (Å²) >= 11 is 0. The number of carbonyl (C=O) groups excluding carboxylic acids is 1. The molecular formula is C24H24F3N3O2. The molecule has 0 aliphatic carbocycles. The third-order valence-corrected chi connectivity index (χ3v) is 5.76. The molecule has 1 aromatic heterocycles. The Morgan fingerprint density at radius 1 is 1.09 bits per heavy atom. The van der Waals surface area contributed by atoms with Crippen LogP contribution in [0.4, 0.5) is 13.2 Å². The van der Waals surface area contributed by atoms with Crippen LogP contribution in [0.2, 0.25) is 0 Å². The van der Waals surface area contributed by atoms with Crippen molar-refractivity contribution >= 4 is 5.78 Å². The average Bonchev–Trinajstić information content (AvgIpc) is 3.26. The highest BCUT2D eigenvalue weighted by molar-refractivity contribution is 5.81. The number of carbonyl (C=O) groups is 1. The molecule has 0 radical (unpaired) electrons. The third-order valence-electron chi connectivity index (χ3n) is 5.76. The smallest absolute Gasteiger partial charge is 0.338 e. The van der Waals surface area contributed by atoms with Crippen LogP contribution in [0.3, 0.4) is 0 Å². The predicted molar refractivity (Wildman–Crippen MR) is 113 cm³/mol. The number of aryl methyl sites for hydroxylation is 1. The number of likely N-dealkylation sites (tertiary alicyclic amines) is 1. The van der Waals surface area contributed by atoms with Crippen LogP contribution in [0.5, 0.6) is 0 Å². The van der Waals surface area contributed by atoms with E-state index in [1.54, 1.807) is 0 Å². The topological polar surface area (TPSA) is 59.2 Å². The van der Waals surface area contributed by atoms with Gasteiger partial charge in [0.1, 0.15) is 5.78 Å². The molecule has 1 saturated heterocycles. The molecular weight excluding hydrogens is 419 g/mol.